The first-order valence-corrected chi connectivity index (χ1v) is 12.0. The maximum absolute atomic E-state index is 13.4. The van der Waals surface area contributed by atoms with Crippen molar-refractivity contribution >= 4 is 17.9 Å². The SMILES string of the molecule is CCOc1cc(/C=C2/C(=O)N(C3CCCCC3)C(=O)C(C#N)=C2C)ccc1OCCC(C)C. The molecule has 1 fully saturated rings. The number of ether oxygens (including phenoxy) is 2. The molecule has 1 aromatic carbocycles. The van der Waals surface area contributed by atoms with Gasteiger partial charge in [-0.05, 0) is 68.4 Å². The minimum Gasteiger partial charge on any atom is -0.490 e. The van der Waals surface area contributed by atoms with Crippen LogP contribution in [-0.2, 0) is 9.59 Å². The molecule has 0 unspecified atom stereocenters. The summed E-state index contributed by atoms with van der Waals surface area (Å²) in [5, 5.41) is 9.66. The number of carbonyl (C=O) groups excluding carboxylic acids is 2. The number of benzene rings is 1. The highest BCUT2D eigenvalue weighted by molar-refractivity contribution is 6.19. The van der Waals surface area contributed by atoms with Gasteiger partial charge in [0, 0.05) is 11.6 Å². The average molecular weight is 451 g/mol. The lowest BCUT2D eigenvalue weighted by Gasteiger charge is -2.36. The van der Waals surface area contributed by atoms with Gasteiger partial charge >= 0.3 is 0 Å². The van der Waals surface area contributed by atoms with Crippen molar-refractivity contribution in [2.45, 2.75) is 72.3 Å². The van der Waals surface area contributed by atoms with Crippen molar-refractivity contribution in [1.29, 1.82) is 5.26 Å². The monoisotopic (exact) mass is 450 g/mol. The number of hydrogen-bond donors (Lipinski definition) is 0. The van der Waals surface area contributed by atoms with Crippen molar-refractivity contribution in [3.8, 4) is 17.6 Å². The molecule has 0 N–H and O–H groups in total. The summed E-state index contributed by atoms with van der Waals surface area (Å²) in [6.45, 7) is 8.97. The number of hydrogen-bond acceptors (Lipinski definition) is 5. The fourth-order valence-electron chi connectivity index (χ4n) is 4.34. The zero-order chi connectivity index (χ0) is 24.0. The van der Waals surface area contributed by atoms with E-state index in [-0.39, 0.29) is 17.5 Å². The van der Waals surface area contributed by atoms with Crippen LogP contribution in [0.1, 0.15) is 71.8 Å². The first-order valence-electron chi connectivity index (χ1n) is 12.0. The maximum atomic E-state index is 13.4. The van der Waals surface area contributed by atoms with Gasteiger partial charge in [0.05, 0.1) is 13.2 Å². The van der Waals surface area contributed by atoms with Crippen molar-refractivity contribution in [3.63, 3.8) is 0 Å². The van der Waals surface area contributed by atoms with Crippen LogP contribution in [-0.4, -0.2) is 36.0 Å². The van der Waals surface area contributed by atoms with E-state index in [2.05, 4.69) is 13.8 Å². The third-order valence-electron chi connectivity index (χ3n) is 6.24. The molecule has 33 heavy (non-hydrogen) atoms. The number of imide groups is 1. The molecule has 6 heteroatoms. The van der Waals surface area contributed by atoms with Crippen LogP contribution in [0.15, 0.2) is 34.9 Å². The molecule has 1 aromatic rings. The summed E-state index contributed by atoms with van der Waals surface area (Å²) in [4.78, 5) is 27.7. The van der Waals surface area contributed by atoms with Crippen LogP contribution in [0.5, 0.6) is 11.5 Å². The van der Waals surface area contributed by atoms with E-state index in [0.29, 0.717) is 41.8 Å². The van der Waals surface area contributed by atoms with E-state index < -0.39 is 5.91 Å². The van der Waals surface area contributed by atoms with Crippen LogP contribution < -0.4 is 9.47 Å². The Balaban J connectivity index is 1.96. The summed E-state index contributed by atoms with van der Waals surface area (Å²) in [6.07, 6.45) is 7.36. The Morgan fingerprint density at radius 2 is 1.85 bits per heavy atom. The van der Waals surface area contributed by atoms with Crippen LogP contribution in [0.4, 0.5) is 0 Å². The van der Waals surface area contributed by atoms with Crippen LogP contribution in [0, 0.1) is 17.2 Å². The summed E-state index contributed by atoms with van der Waals surface area (Å²) < 4.78 is 11.7. The molecular formula is C27H34N2O4. The lowest BCUT2D eigenvalue weighted by molar-refractivity contribution is -0.143. The van der Waals surface area contributed by atoms with Gasteiger partial charge in [-0.1, -0.05) is 39.2 Å². The number of nitriles is 1. The molecule has 2 aliphatic rings. The van der Waals surface area contributed by atoms with Crippen LogP contribution in [0.3, 0.4) is 0 Å². The van der Waals surface area contributed by atoms with E-state index in [0.717, 1.165) is 44.1 Å². The summed E-state index contributed by atoms with van der Waals surface area (Å²) in [6, 6.07) is 7.45. The summed E-state index contributed by atoms with van der Waals surface area (Å²) in [5.74, 6) is 1.03. The molecule has 1 aliphatic carbocycles. The first kappa shape index (κ1) is 24.6. The normalized spacial score (nSPS) is 18.8. The number of carbonyl (C=O) groups is 2. The summed E-state index contributed by atoms with van der Waals surface area (Å²) in [7, 11) is 0. The van der Waals surface area contributed by atoms with E-state index in [4.69, 9.17) is 9.47 Å². The third-order valence-corrected chi connectivity index (χ3v) is 6.24. The largest absolute Gasteiger partial charge is 0.490 e. The molecule has 0 aromatic heterocycles. The molecule has 1 aliphatic heterocycles. The van der Waals surface area contributed by atoms with Crippen molar-refractivity contribution in [1.82, 2.24) is 4.90 Å². The molecule has 0 bridgehead atoms. The fourth-order valence-corrected chi connectivity index (χ4v) is 4.34. The number of nitrogens with zero attached hydrogens (tertiary/aromatic N) is 2. The van der Waals surface area contributed by atoms with Gasteiger partial charge in [-0.25, -0.2) is 0 Å². The Kier molecular flexibility index (Phi) is 8.32. The Labute approximate surface area is 196 Å². The maximum Gasteiger partial charge on any atom is 0.271 e. The van der Waals surface area contributed by atoms with Crippen LogP contribution >= 0.6 is 0 Å². The Morgan fingerprint density at radius 1 is 1.12 bits per heavy atom. The molecule has 0 saturated heterocycles. The van der Waals surface area contributed by atoms with Crippen molar-refractivity contribution in [3.05, 3.63) is 40.5 Å². The molecule has 3 rings (SSSR count). The van der Waals surface area contributed by atoms with Crippen LogP contribution in [0.25, 0.3) is 6.08 Å². The summed E-state index contributed by atoms with van der Waals surface area (Å²) in [5.41, 5.74) is 1.61. The molecule has 1 heterocycles. The van der Waals surface area contributed by atoms with E-state index in [1.54, 1.807) is 13.0 Å². The second-order valence-electron chi connectivity index (χ2n) is 9.11. The first-order chi connectivity index (χ1) is 15.9. The minimum absolute atomic E-state index is 0.0464. The second-order valence-corrected chi connectivity index (χ2v) is 9.11. The molecule has 0 radical (unpaired) electrons. The van der Waals surface area contributed by atoms with E-state index in [9.17, 15) is 14.9 Å². The lowest BCUT2D eigenvalue weighted by atomic mass is 9.88. The van der Waals surface area contributed by atoms with Gasteiger partial charge in [0.25, 0.3) is 11.8 Å². The van der Waals surface area contributed by atoms with Gasteiger partial charge in [-0.2, -0.15) is 5.26 Å². The molecule has 0 spiro atoms. The van der Waals surface area contributed by atoms with Crippen molar-refractivity contribution in [2.24, 2.45) is 5.92 Å². The molecule has 0 atom stereocenters. The van der Waals surface area contributed by atoms with Gasteiger partial charge < -0.3 is 9.47 Å². The Hall–Kier alpha value is -3.07. The quantitative estimate of drug-likeness (QED) is 0.389. The van der Waals surface area contributed by atoms with E-state index in [1.807, 2.05) is 31.2 Å². The summed E-state index contributed by atoms with van der Waals surface area (Å²) >= 11 is 0. The van der Waals surface area contributed by atoms with Gasteiger partial charge in [0.1, 0.15) is 11.6 Å². The molecule has 176 valence electrons. The van der Waals surface area contributed by atoms with Gasteiger partial charge in [0.15, 0.2) is 11.5 Å². The average Bonchev–Trinajstić information content (AvgIpc) is 2.79. The number of rotatable bonds is 8. The highest BCUT2D eigenvalue weighted by Crippen LogP contribution is 2.34. The van der Waals surface area contributed by atoms with E-state index in [1.165, 1.54) is 4.90 Å². The predicted octanol–water partition coefficient (Wildman–Crippen LogP) is 5.44. The highest BCUT2D eigenvalue weighted by Gasteiger charge is 2.39. The lowest BCUT2D eigenvalue weighted by Crippen LogP contribution is -2.49. The molecule has 6 nitrogen and oxygen atoms in total. The Bertz CT molecular complexity index is 994. The minimum atomic E-state index is -0.465. The smallest absolute Gasteiger partial charge is 0.271 e. The fraction of sp³-hybridized carbons (Fsp3) is 0.519. The third kappa shape index (κ3) is 5.65. The van der Waals surface area contributed by atoms with Crippen molar-refractivity contribution in [2.75, 3.05) is 13.2 Å². The number of amides is 2. The Morgan fingerprint density at radius 3 is 2.48 bits per heavy atom. The molecule has 1 saturated carbocycles. The van der Waals surface area contributed by atoms with Crippen molar-refractivity contribution < 1.29 is 19.1 Å². The van der Waals surface area contributed by atoms with Gasteiger partial charge in [0.2, 0.25) is 0 Å². The van der Waals surface area contributed by atoms with Crippen LogP contribution in [0.2, 0.25) is 0 Å². The molecular weight excluding hydrogens is 416 g/mol. The molecule has 2 amide bonds. The standard InChI is InChI=1S/C27H34N2O4/c1-5-32-25-16-20(11-12-24(25)33-14-13-18(2)3)15-22-19(4)23(17-28)27(31)29(26(22)30)21-9-7-6-8-10-21/h11-12,15-16,18,21H,5-10,13-14H2,1-4H3/b22-15+. The second kappa shape index (κ2) is 11.2. The topological polar surface area (TPSA) is 79.6 Å². The van der Waals surface area contributed by atoms with Gasteiger partial charge in [-0.15, -0.1) is 0 Å². The van der Waals surface area contributed by atoms with Gasteiger partial charge in [-0.3, -0.25) is 14.5 Å². The highest BCUT2D eigenvalue weighted by atomic mass is 16.5. The predicted molar refractivity (Wildman–Crippen MR) is 128 cm³/mol. The zero-order valence-corrected chi connectivity index (χ0v) is 20.1. The zero-order valence-electron chi connectivity index (χ0n) is 20.1. The van der Waals surface area contributed by atoms with E-state index >= 15 is 0 Å².